The van der Waals surface area contributed by atoms with E-state index in [4.69, 9.17) is 32.3 Å². The lowest BCUT2D eigenvalue weighted by atomic mass is 10.0. The second kappa shape index (κ2) is 89.9. The maximum Gasteiger partial charge on any atom is 0.472 e. The third-order valence-electron chi connectivity index (χ3n) is 19.1. The molecule has 0 rings (SSSR count). The number of phosphoric acid groups is 2. The largest absolute Gasteiger partial charge is 0.472 e. The zero-order valence-corrected chi connectivity index (χ0v) is 75.4. The second-order valence-corrected chi connectivity index (χ2v) is 33.2. The van der Waals surface area contributed by atoms with Crippen LogP contribution in [0.15, 0.2) is 182 Å². The maximum atomic E-state index is 13.1. The third-order valence-corrected chi connectivity index (χ3v) is 21.0. The van der Waals surface area contributed by atoms with E-state index in [1.54, 1.807) is 0 Å². The van der Waals surface area contributed by atoms with Crippen molar-refractivity contribution in [2.45, 2.75) is 386 Å². The van der Waals surface area contributed by atoms with Crippen LogP contribution in [-0.2, 0) is 55.8 Å². The number of aliphatic hydroxyl groups excluding tert-OH is 2. The molecule has 0 aromatic carbocycles. The van der Waals surface area contributed by atoms with E-state index in [1.165, 1.54) is 135 Å². The molecule has 0 amide bonds. The van der Waals surface area contributed by atoms with Crippen LogP contribution in [0.25, 0.3) is 0 Å². The molecule has 0 aliphatic heterocycles. The highest BCUT2D eigenvalue weighted by Gasteiger charge is 2.29. The standard InChI is InChI=1S/C99H166O16P2/c1-4-7-10-13-16-19-22-25-28-31-34-37-40-42-44-46-48-50-53-55-58-61-64-67-70-73-76-79-82-85-97(102)109-88-94(100)89-111-116(105,106)112-90-95(101)91-113-117(107,108)114-93-96(115-99(104)87-84-81-78-75-72-69-66-63-60-57-52-39-36-33-30-27-24-21-18-15-12-9-6-3)92-110-98(103)86-83-80-77-74-71-68-65-62-59-56-54-51-49-47-45-43-41-38-35-32-29-26-23-20-17-14-11-8-5-2/h7,9-10,12,16-21,25-30,34-39,42-45,57,60,66,69,94-96,100-101H,4-6,8,11,13-15,22-24,31-33,40-41,46-56,58-59,61-65,67-68,70-93H2,1-3H3,(H,105,106)(H,107,108)/b10-7-,12-9-,19-16-,20-17-,21-18-,28-25-,29-26-,30-27-,37-34-,38-35-,39-36-,44-42-,45-43-,60-57-,69-66-. The zero-order chi connectivity index (χ0) is 85.1. The third kappa shape index (κ3) is 91.2. The summed E-state index contributed by atoms with van der Waals surface area (Å²) in [5.74, 6) is -1.60. The number of carbonyl (C=O) groups excluding carboxylic acids is 3. The minimum absolute atomic E-state index is 0.0692. The Bertz CT molecular complexity index is 2860. The van der Waals surface area contributed by atoms with E-state index in [9.17, 15) is 43.5 Å². The van der Waals surface area contributed by atoms with Crippen molar-refractivity contribution in [2.75, 3.05) is 39.6 Å². The molecule has 5 atom stereocenters. The van der Waals surface area contributed by atoms with Crippen LogP contribution in [0.4, 0.5) is 0 Å². The van der Waals surface area contributed by atoms with E-state index in [0.717, 1.165) is 173 Å². The van der Waals surface area contributed by atoms with Gasteiger partial charge in [-0.1, -0.05) is 370 Å². The summed E-state index contributed by atoms with van der Waals surface area (Å²) in [5, 5.41) is 20.7. The monoisotopic (exact) mass is 1670 g/mol. The predicted molar refractivity (Wildman–Crippen MR) is 491 cm³/mol. The Morgan fingerprint density at radius 3 is 0.718 bits per heavy atom. The first-order valence-electron chi connectivity index (χ1n) is 46.1. The summed E-state index contributed by atoms with van der Waals surface area (Å²) < 4.78 is 61.5. The summed E-state index contributed by atoms with van der Waals surface area (Å²) in [6.45, 7) is 2.43. The van der Waals surface area contributed by atoms with E-state index in [-0.39, 0.29) is 19.3 Å². The lowest BCUT2D eigenvalue weighted by Crippen LogP contribution is -2.30. The SMILES string of the molecule is CC/C=C\C/C=C\C/C=C\C/C=C\C/C=C\C/C=C\CCCCCCC(=O)OC(COC(=O)CCCCCCCCCCCCCCC/C=C\C/C=C\C/C=C\C/C=C\CCCCC)COP(=O)(O)OCC(O)COP(=O)(O)OCC(O)COC(=O)CCCCCCCCCCCCCCC/C=C\C/C=C\C/C=C\C/C=C\C/C=C\CC. The molecule has 668 valence electrons. The smallest absolute Gasteiger partial charge is 0.463 e. The number of ether oxygens (including phenoxy) is 3. The van der Waals surface area contributed by atoms with Gasteiger partial charge in [-0.3, -0.25) is 32.5 Å². The summed E-state index contributed by atoms with van der Waals surface area (Å²) >= 11 is 0. The minimum Gasteiger partial charge on any atom is -0.463 e. The van der Waals surface area contributed by atoms with Gasteiger partial charge in [-0.05, 0) is 161 Å². The number of phosphoric ester groups is 2. The molecule has 0 aromatic rings. The summed E-state index contributed by atoms with van der Waals surface area (Å²) in [5.41, 5.74) is 0. The van der Waals surface area contributed by atoms with Crippen molar-refractivity contribution in [3.8, 4) is 0 Å². The Morgan fingerprint density at radius 1 is 0.248 bits per heavy atom. The second-order valence-electron chi connectivity index (χ2n) is 30.3. The van der Waals surface area contributed by atoms with Crippen LogP contribution in [0.2, 0.25) is 0 Å². The van der Waals surface area contributed by atoms with Crippen LogP contribution in [0.3, 0.4) is 0 Å². The Labute approximate surface area is 713 Å². The molecular weight excluding hydrogens is 1510 g/mol. The molecule has 0 bridgehead atoms. The Morgan fingerprint density at radius 2 is 0.453 bits per heavy atom. The van der Waals surface area contributed by atoms with E-state index in [2.05, 4.69) is 203 Å². The lowest BCUT2D eigenvalue weighted by molar-refractivity contribution is -0.161. The Kier molecular flexibility index (Phi) is 85.8. The van der Waals surface area contributed by atoms with Crippen LogP contribution in [0.1, 0.15) is 367 Å². The highest BCUT2D eigenvalue weighted by Crippen LogP contribution is 2.45. The fourth-order valence-electron chi connectivity index (χ4n) is 12.2. The molecule has 0 aliphatic rings. The minimum atomic E-state index is -4.95. The molecule has 0 aliphatic carbocycles. The van der Waals surface area contributed by atoms with Gasteiger partial charge >= 0.3 is 33.6 Å². The predicted octanol–water partition coefficient (Wildman–Crippen LogP) is 28.4. The number of rotatable bonds is 86. The average Bonchev–Trinajstić information content (AvgIpc) is 0.894. The number of allylic oxidation sites excluding steroid dienone is 30. The van der Waals surface area contributed by atoms with Gasteiger partial charge in [-0.15, -0.1) is 0 Å². The molecule has 18 heteroatoms. The Hall–Kier alpha value is -5.35. The van der Waals surface area contributed by atoms with Crippen LogP contribution >= 0.6 is 15.6 Å². The van der Waals surface area contributed by atoms with Crippen LogP contribution in [0.5, 0.6) is 0 Å². The van der Waals surface area contributed by atoms with Gasteiger partial charge in [-0.2, -0.15) is 0 Å². The normalized spacial score (nSPS) is 14.6. The molecule has 4 N–H and O–H groups in total. The number of hydrogen-bond donors (Lipinski definition) is 4. The van der Waals surface area contributed by atoms with E-state index in [1.807, 2.05) is 0 Å². The number of hydrogen-bond acceptors (Lipinski definition) is 14. The van der Waals surface area contributed by atoms with Crippen molar-refractivity contribution >= 4 is 33.6 Å². The van der Waals surface area contributed by atoms with E-state index in [0.29, 0.717) is 19.3 Å². The van der Waals surface area contributed by atoms with Gasteiger partial charge in [0.05, 0.1) is 26.4 Å². The van der Waals surface area contributed by atoms with E-state index >= 15 is 0 Å². The van der Waals surface area contributed by atoms with Gasteiger partial charge in [0.2, 0.25) is 0 Å². The van der Waals surface area contributed by atoms with Gasteiger partial charge in [0, 0.05) is 19.3 Å². The average molecular weight is 1670 g/mol. The summed E-state index contributed by atoms with van der Waals surface area (Å²) in [6.07, 6.45) is 118. The number of aliphatic hydroxyl groups is 2. The van der Waals surface area contributed by atoms with Crippen molar-refractivity contribution < 1.29 is 75.8 Å². The first-order valence-corrected chi connectivity index (χ1v) is 49.1. The molecule has 16 nitrogen and oxygen atoms in total. The molecule has 0 radical (unpaired) electrons. The van der Waals surface area contributed by atoms with Crippen LogP contribution in [0, 0.1) is 0 Å². The van der Waals surface area contributed by atoms with Gasteiger partial charge in [-0.25, -0.2) is 9.13 Å². The highest BCUT2D eigenvalue weighted by atomic mass is 31.2. The van der Waals surface area contributed by atoms with Crippen molar-refractivity contribution in [3.63, 3.8) is 0 Å². The quantitative estimate of drug-likeness (QED) is 0.0146. The van der Waals surface area contributed by atoms with Crippen LogP contribution in [-0.4, -0.2) is 95.9 Å². The first kappa shape index (κ1) is 112. The molecule has 0 saturated carbocycles. The summed E-state index contributed by atoms with van der Waals surface area (Å²) in [4.78, 5) is 59.0. The van der Waals surface area contributed by atoms with Crippen LogP contribution < -0.4 is 0 Å². The molecular formula is C99H166O16P2. The molecule has 5 unspecified atom stereocenters. The van der Waals surface area contributed by atoms with Gasteiger partial charge < -0.3 is 34.2 Å². The lowest BCUT2D eigenvalue weighted by Gasteiger charge is -2.21. The van der Waals surface area contributed by atoms with Gasteiger partial charge in [0.25, 0.3) is 0 Å². The van der Waals surface area contributed by atoms with Crippen molar-refractivity contribution in [2.24, 2.45) is 0 Å². The fraction of sp³-hybridized carbons (Fsp3) is 0.667. The van der Waals surface area contributed by atoms with E-state index < -0.39 is 91.5 Å². The molecule has 117 heavy (non-hydrogen) atoms. The molecule has 0 fully saturated rings. The molecule has 0 aromatic heterocycles. The summed E-state index contributed by atoms with van der Waals surface area (Å²) in [6, 6.07) is 0. The van der Waals surface area contributed by atoms with Crippen molar-refractivity contribution in [1.82, 2.24) is 0 Å². The maximum absolute atomic E-state index is 13.1. The zero-order valence-electron chi connectivity index (χ0n) is 73.6. The van der Waals surface area contributed by atoms with Crippen molar-refractivity contribution in [1.29, 1.82) is 0 Å². The highest BCUT2D eigenvalue weighted by molar-refractivity contribution is 7.47. The number of carbonyl (C=O) groups is 3. The number of esters is 3. The fourth-order valence-corrected chi connectivity index (χ4v) is 13.8. The molecule has 0 heterocycles. The first-order chi connectivity index (χ1) is 57.2. The summed E-state index contributed by atoms with van der Waals surface area (Å²) in [7, 11) is -9.83. The Balaban J connectivity index is 4.66. The number of unbranched alkanes of at least 4 members (excludes halogenated alkanes) is 33. The molecule has 0 spiro atoms. The molecule has 0 saturated heterocycles. The van der Waals surface area contributed by atoms with Crippen molar-refractivity contribution in [3.05, 3.63) is 182 Å². The van der Waals surface area contributed by atoms with Gasteiger partial charge in [0.15, 0.2) is 6.10 Å². The van der Waals surface area contributed by atoms with Gasteiger partial charge in [0.1, 0.15) is 25.4 Å². The topological polar surface area (TPSA) is 231 Å².